The Morgan fingerprint density at radius 1 is 1.48 bits per heavy atom. The van der Waals surface area contributed by atoms with Crippen LogP contribution in [-0.2, 0) is 20.7 Å². The molecule has 2 saturated heterocycles. The van der Waals surface area contributed by atoms with Crippen molar-refractivity contribution in [3.8, 4) is 0 Å². The van der Waals surface area contributed by atoms with Gasteiger partial charge in [-0.3, -0.25) is 9.59 Å². The van der Waals surface area contributed by atoms with Crippen LogP contribution in [0.15, 0.2) is 18.2 Å². The smallest absolute Gasteiger partial charge is 0.311 e. The summed E-state index contributed by atoms with van der Waals surface area (Å²) in [5.74, 6) is -1.97. The first-order valence-corrected chi connectivity index (χ1v) is 7.83. The standard InChI is InChI=1S/C16H17ClFNO4/c17-12-2-1-3-13(18)11(12)6-14(20)19-7-10-8-23-5-4-16(10,9-19)15(21)22/h1-3,10H,4-9H2,(H,21,22)/t10-,16+/m0/s1. The molecule has 0 aromatic heterocycles. The second kappa shape index (κ2) is 6.09. The Hall–Kier alpha value is -1.66. The predicted octanol–water partition coefficient (Wildman–Crippen LogP) is 1.97. The van der Waals surface area contributed by atoms with Gasteiger partial charge < -0.3 is 14.7 Å². The van der Waals surface area contributed by atoms with Crippen LogP contribution in [0, 0.1) is 17.2 Å². The van der Waals surface area contributed by atoms with Gasteiger partial charge in [0, 0.05) is 36.2 Å². The van der Waals surface area contributed by atoms with Crippen LogP contribution in [-0.4, -0.2) is 48.2 Å². The minimum atomic E-state index is -0.951. The van der Waals surface area contributed by atoms with Gasteiger partial charge in [0.15, 0.2) is 0 Å². The Morgan fingerprint density at radius 3 is 2.91 bits per heavy atom. The molecule has 0 radical (unpaired) electrons. The molecule has 1 amide bonds. The van der Waals surface area contributed by atoms with Crippen LogP contribution in [0.2, 0.25) is 5.02 Å². The average molecular weight is 342 g/mol. The van der Waals surface area contributed by atoms with Gasteiger partial charge in [-0.05, 0) is 18.6 Å². The molecule has 0 bridgehead atoms. The van der Waals surface area contributed by atoms with Crippen LogP contribution in [0.5, 0.6) is 0 Å². The number of halogens is 2. The molecule has 5 nitrogen and oxygen atoms in total. The summed E-state index contributed by atoms with van der Waals surface area (Å²) in [4.78, 5) is 25.7. The molecule has 2 heterocycles. The van der Waals surface area contributed by atoms with Crippen LogP contribution >= 0.6 is 11.6 Å². The van der Waals surface area contributed by atoms with E-state index >= 15 is 0 Å². The molecule has 0 saturated carbocycles. The van der Waals surface area contributed by atoms with Crippen LogP contribution in [0.25, 0.3) is 0 Å². The molecule has 0 aliphatic carbocycles. The van der Waals surface area contributed by atoms with Crippen LogP contribution < -0.4 is 0 Å². The SMILES string of the molecule is O=C(Cc1c(F)cccc1Cl)N1C[C@H]2COCC[C@@]2(C(=O)O)C1. The summed E-state index contributed by atoms with van der Waals surface area (Å²) in [6, 6.07) is 4.27. The van der Waals surface area contributed by atoms with Crippen molar-refractivity contribution in [2.45, 2.75) is 12.8 Å². The van der Waals surface area contributed by atoms with Crippen molar-refractivity contribution < 1.29 is 23.8 Å². The number of nitrogens with zero attached hydrogens (tertiary/aromatic N) is 1. The topological polar surface area (TPSA) is 66.8 Å². The maximum Gasteiger partial charge on any atom is 0.311 e. The largest absolute Gasteiger partial charge is 0.481 e. The highest BCUT2D eigenvalue weighted by molar-refractivity contribution is 6.31. The van der Waals surface area contributed by atoms with E-state index in [1.807, 2.05) is 0 Å². The summed E-state index contributed by atoms with van der Waals surface area (Å²) in [6.45, 7) is 1.17. The highest BCUT2D eigenvalue weighted by Gasteiger charge is 2.54. The van der Waals surface area contributed by atoms with Crippen molar-refractivity contribution in [3.63, 3.8) is 0 Å². The van der Waals surface area contributed by atoms with E-state index < -0.39 is 17.2 Å². The van der Waals surface area contributed by atoms with Gasteiger partial charge in [0.25, 0.3) is 0 Å². The van der Waals surface area contributed by atoms with E-state index in [0.29, 0.717) is 26.2 Å². The average Bonchev–Trinajstić information content (AvgIpc) is 2.92. The zero-order valence-corrected chi connectivity index (χ0v) is 13.2. The van der Waals surface area contributed by atoms with Gasteiger partial charge in [0.2, 0.25) is 5.91 Å². The third-order valence-electron chi connectivity index (χ3n) is 4.88. The molecule has 1 aromatic carbocycles. The maximum atomic E-state index is 13.8. The Morgan fingerprint density at radius 2 is 2.26 bits per heavy atom. The minimum Gasteiger partial charge on any atom is -0.481 e. The molecule has 2 aliphatic rings. The number of carboxylic acid groups (broad SMARTS) is 1. The number of carbonyl (C=O) groups excluding carboxylic acids is 1. The summed E-state index contributed by atoms with van der Waals surface area (Å²) in [5.41, 5.74) is -0.804. The molecule has 1 aromatic rings. The first-order chi connectivity index (χ1) is 10.9. The van der Waals surface area contributed by atoms with Gasteiger partial charge in [0.1, 0.15) is 5.82 Å². The van der Waals surface area contributed by atoms with Gasteiger partial charge in [0.05, 0.1) is 18.4 Å². The normalized spacial score (nSPS) is 26.9. The fourth-order valence-corrected chi connectivity index (χ4v) is 3.68. The van der Waals surface area contributed by atoms with Gasteiger partial charge in [-0.2, -0.15) is 0 Å². The van der Waals surface area contributed by atoms with Crippen LogP contribution in [0.1, 0.15) is 12.0 Å². The first-order valence-electron chi connectivity index (χ1n) is 7.46. The number of hydrogen-bond acceptors (Lipinski definition) is 3. The van der Waals surface area contributed by atoms with E-state index in [-0.39, 0.29) is 35.4 Å². The van der Waals surface area contributed by atoms with E-state index in [1.165, 1.54) is 23.1 Å². The highest BCUT2D eigenvalue weighted by atomic mass is 35.5. The second-order valence-electron chi connectivity index (χ2n) is 6.13. The summed E-state index contributed by atoms with van der Waals surface area (Å²) >= 11 is 5.96. The highest BCUT2D eigenvalue weighted by Crippen LogP contribution is 2.42. The third kappa shape index (κ3) is 2.81. The Bertz CT molecular complexity index is 633. The number of ether oxygens (including phenoxy) is 1. The first kappa shape index (κ1) is 16.2. The molecule has 0 spiro atoms. The molecule has 23 heavy (non-hydrogen) atoms. The molecular formula is C16H17ClFNO4. The maximum absolute atomic E-state index is 13.8. The van der Waals surface area contributed by atoms with E-state index in [4.69, 9.17) is 16.3 Å². The van der Waals surface area contributed by atoms with Gasteiger partial charge in [-0.1, -0.05) is 17.7 Å². The van der Waals surface area contributed by atoms with Gasteiger partial charge in [-0.25, -0.2) is 4.39 Å². The lowest BCUT2D eigenvalue weighted by molar-refractivity contribution is -0.157. The van der Waals surface area contributed by atoms with Crippen molar-refractivity contribution in [2.75, 3.05) is 26.3 Å². The zero-order valence-electron chi connectivity index (χ0n) is 12.4. The summed E-state index contributed by atoms with van der Waals surface area (Å²) in [7, 11) is 0. The van der Waals surface area contributed by atoms with Gasteiger partial charge in [-0.15, -0.1) is 0 Å². The number of fused-ring (bicyclic) bond motifs is 1. The third-order valence-corrected chi connectivity index (χ3v) is 5.23. The Balaban J connectivity index is 1.78. The number of rotatable bonds is 3. The van der Waals surface area contributed by atoms with E-state index in [2.05, 4.69) is 0 Å². The number of carboxylic acids is 1. The quantitative estimate of drug-likeness (QED) is 0.912. The minimum absolute atomic E-state index is 0.140. The summed E-state index contributed by atoms with van der Waals surface area (Å²) < 4.78 is 19.2. The van der Waals surface area contributed by atoms with E-state index in [1.54, 1.807) is 0 Å². The molecule has 124 valence electrons. The van der Waals surface area contributed by atoms with Crippen LogP contribution in [0.4, 0.5) is 4.39 Å². The van der Waals surface area contributed by atoms with E-state index in [0.717, 1.165) is 0 Å². The van der Waals surface area contributed by atoms with Crippen molar-refractivity contribution >= 4 is 23.5 Å². The van der Waals surface area contributed by atoms with Gasteiger partial charge >= 0.3 is 5.97 Å². The molecule has 7 heteroatoms. The summed E-state index contributed by atoms with van der Waals surface area (Å²) in [6.07, 6.45) is 0.214. The molecule has 2 aliphatic heterocycles. The number of amides is 1. The molecule has 2 fully saturated rings. The molecule has 0 unspecified atom stereocenters. The number of hydrogen-bond donors (Lipinski definition) is 1. The number of benzene rings is 1. The molecule has 3 rings (SSSR count). The summed E-state index contributed by atoms with van der Waals surface area (Å²) in [5, 5.41) is 9.80. The Labute approximate surface area is 138 Å². The fraction of sp³-hybridized carbons (Fsp3) is 0.500. The lowest BCUT2D eigenvalue weighted by Gasteiger charge is -2.33. The molecular weight excluding hydrogens is 325 g/mol. The monoisotopic (exact) mass is 341 g/mol. The number of carbonyl (C=O) groups is 2. The zero-order chi connectivity index (χ0) is 16.6. The van der Waals surface area contributed by atoms with Crippen molar-refractivity contribution in [1.82, 2.24) is 4.90 Å². The predicted molar refractivity (Wildman–Crippen MR) is 80.7 cm³/mol. The van der Waals surface area contributed by atoms with Crippen molar-refractivity contribution in [1.29, 1.82) is 0 Å². The van der Waals surface area contributed by atoms with E-state index in [9.17, 15) is 19.1 Å². The van der Waals surface area contributed by atoms with Crippen molar-refractivity contribution in [2.24, 2.45) is 11.3 Å². The Kier molecular flexibility index (Phi) is 4.29. The molecule has 1 N–H and O–H groups in total. The number of likely N-dealkylation sites (tertiary alicyclic amines) is 1. The fourth-order valence-electron chi connectivity index (χ4n) is 3.45. The van der Waals surface area contributed by atoms with Crippen LogP contribution in [0.3, 0.4) is 0 Å². The lowest BCUT2D eigenvalue weighted by atomic mass is 9.74. The lowest BCUT2D eigenvalue weighted by Crippen LogP contribution is -2.45. The number of aliphatic carboxylic acids is 1. The molecule has 2 atom stereocenters. The van der Waals surface area contributed by atoms with Crippen molar-refractivity contribution in [3.05, 3.63) is 34.6 Å². The second-order valence-corrected chi connectivity index (χ2v) is 6.54.